The molecule has 0 heterocycles. The van der Waals surface area contributed by atoms with Gasteiger partial charge in [-0.05, 0) is 30.9 Å². The summed E-state index contributed by atoms with van der Waals surface area (Å²) in [6.45, 7) is 5.64. The van der Waals surface area contributed by atoms with Crippen molar-refractivity contribution >= 4 is 5.78 Å². The predicted molar refractivity (Wildman–Crippen MR) is 59.0 cm³/mol. The summed E-state index contributed by atoms with van der Waals surface area (Å²) in [5, 5.41) is 0. The van der Waals surface area contributed by atoms with Crippen LogP contribution in [0.25, 0.3) is 0 Å². The van der Waals surface area contributed by atoms with Crippen LogP contribution >= 0.6 is 0 Å². The number of carbonyl (C=O) groups is 1. The first-order valence-electron chi connectivity index (χ1n) is 5.00. The fourth-order valence-corrected chi connectivity index (χ4v) is 1.60. The Kier molecular flexibility index (Phi) is 4.15. The van der Waals surface area contributed by atoms with E-state index in [9.17, 15) is 4.79 Å². The highest BCUT2D eigenvalue weighted by Crippen LogP contribution is 2.24. The van der Waals surface area contributed by atoms with Crippen LogP contribution in [0.2, 0.25) is 0 Å². The van der Waals surface area contributed by atoms with Crippen LogP contribution in [0.5, 0.6) is 0 Å². The number of carbonyl (C=O) groups excluding carboxylic acids is 1. The van der Waals surface area contributed by atoms with Crippen LogP contribution in [0.4, 0.5) is 0 Å². The molecule has 1 aliphatic rings. The van der Waals surface area contributed by atoms with Gasteiger partial charge in [-0.1, -0.05) is 24.8 Å². The molecule has 0 atom stereocenters. The Hall–Kier alpha value is -1.33. The average molecular weight is 188 g/mol. The lowest BCUT2D eigenvalue weighted by Crippen LogP contribution is -1.95. The van der Waals surface area contributed by atoms with Crippen molar-refractivity contribution in [3.05, 3.63) is 41.7 Å². The zero-order valence-corrected chi connectivity index (χ0v) is 8.68. The summed E-state index contributed by atoms with van der Waals surface area (Å²) in [6.07, 6.45) is 9.02. The van der Waals surface area contributed by atoms with E-state index in [1.54, 1.807) is 0 Å². The van der Waals surface area contributed by atoms with Crippen LogP contribution in [0, 0.1) is 0 Å². The predicted octanol–water partition coefficient (Wildman–Crippen LogP) is 3.34. The summed E-state index contributed by atoms with van der Waals surface area (Å²) < 4.78 is 0. The maximum Gasteiger partial charge on any atom is 0.137 e. The van der Waals surface area contributed by atoms with Gasteiger partial charge >= 0.3 is 0 Å². The topological polar surface area (TPSA) is 17.1 Å². The van der Waals surface area contributed by atoms with E-state index in [4.69, 9.17) is 0 Å². The van der Waals surface area contributed by atoms with E-state index < -0.39 is 0 Å². The van der Waals surface area contributed by atoms with Gasteiger partial charge in [0.1, 0.15) is 5.78 Å². The van der Waals surface area contributed by atoms with Crippen molar-refractivity contribution in [1.82, 2.24) is 0 Å². The Labute approximate surface area is 85.5 Å². The molecule has 1 saturated carbocycles. The molecule has 0 aromatic heterocycles. The van der Waals surface area contributed by atoms with E-state index in [1.807, 2.05) is 25.2 Å². The highest BCUT2D eigenvalue weighted by atomic mass is 16.1. The van der Waals surface area contributed by atoms with Crippen LogP contribution in [0.1, 0.15) is 32.6 Å². The number of hydrogen-bond acceptors (Lipinski definition) is 1. The van der Waals surface area contributed by atoms with Crippen molar-refractivity contribution in [2.45, 2.75) is 32.6 Å². The Balaban J connectivity index is 2.95. The van der Waals surface area contributed by atoms with Gasteiger partial charge in [0.15, 0.2) is 0 Å². The smallest absolute Gasteiger partial charge is 0.137 e. The highest BCUT2D eigenvalue weighted by Gasteiger charge is 2.14. The molecule has 0 aromatic rings. The molecule has 74 valence electrons. The molecule has 1 fully saturated rings. The minimum Gasteiger partial charge on any atom is -0.299 e. The fourth-order valence-electron chi connectivity index (χ4n) is 1.60. The molecule has 0 spiro atoms. The molecule has 0 N–H and O–H groups in total. The molecular formula is C13H16O. The largest absolute Gasteiger partial charge is 0.299 e. The second-order valence-corrected chi connectivity index (χ2v) is 3.44. The number of allylic oxidation sites excluding steroid dienone is 5. The van der Waals surface area contributed by atoms with E-state index in [1.165, 1.54) is 0 Å². The van der Waals surface area contributed by atoms with Crippen LogP contribution in [0.3, 0.4) is 0 Å². The molecule has 1 aliphatic carbocycles. The van der Waals surface area contributed by atoms with Gasteiger partial charge in [0, 0.05) is 12.8 Å². The molecule has 1 rings (SSSR count). The summed E-state index contributed by atoms with van der Waals surface area (Å²) in [6, 6.07) is 0. The molecule has 0 unspecified atom stereocenters. The molecule has 0 bridgehead atoms. The summed E-state index contributed by atoms with van der Waals surface area (Å²) in [4.78, 5) is 11.4. The van der Waals surface area contributed by atoms with Crippen LogP contribution in [-0.2, 0) is 4.79 Å². The monoisotopic (exact) mass is 188 g/mol. The number of Topliss-reactive ketones (excluding diaryl/α,β-unsaturated/α-hetero) is 1. The lowest BCUT2D eigenvalue weighted by Gasteiger charge is -2.02. The zero-order valence-electron chi connectivity index (χ0n) is 8.68. The van der Waals surface area contributed by atoms with Crippen LogP contribution in [0.15, 0.2) is 41.7 Å². The quantitative estimate of drug-likeness (QED) is 0.455. The Morgan fingerprint density at radius 1 is 1.43 bits per heavy atom. The molecule has 0 aromatic carbocycles. The van der Waals surface area contributed by atoms with E-state index in [0.29, 0.717) is 18.6 Å². The molecule has 1 heteroatoms. The molecule has 1 nitrogen and oxygen atoms in total. The second-order valence-electron chi connectivity index (χ2n) is 3.44. The van der Waals surface area contributed by atoms with Crippen molar-refractivity contribution < 1.29 is 4.79 Å². The van der Waals surface area contributed by atoms with E-state index in [2.05, 4.69) is 12.3 Å². The van der Waals surface area contributed by atoms with Crippen molar-refractivity contribution in [2.75, 3.05) is 0 Å². The standard InChI is InChI=1S/C13H16O/c1-3-5-7-12-10-13(14)9-6-8-11(12)4-2/h3,5,7H,2,6,8-10H2,1H3/b5-3-,12-7-. The fraction of sp³-hybridized carbons (Fsp3) is 0.385. The lowest BCUT2D eigenvalue weighted by molar-refractivity contribution is -0.118. The van der Waals surface area contributed by atoms with Crippen LogP contribution < -0.4 is 0 Å². The van der Waals surface area contributed by atoms with Crippen molar-refractivity contribution in [2.24, 2.45) is 0 Å². The van der Waals surface area contributed by atoms with Gasteiger partial charge < -0.3 is 0 Å². The molecule has 0 saturated heterocycles. The van der Waals surface area contributed by atoms with Gasteiger partial charge in [0.05, 0.1) is 0 Å². The summed E-state index contributed by atoms with van der Waals surface area (Å²) in [5.74, 6) is 0.325. The first-order chi connectivity index (χ1) is 6.77. The lowest BCUT2D eigenvalue weighted by atomic mass is 10.0. The third kappa shape index (κ3) is 2.86. The van der Waals surface area contributed by atoms with Gasteiger partial charge in [0.2, 0.25) is 0 Å². The Morgan fingerprint density at radius 3 is 2.86 bits per heavy atom. The minimum atomic E-state index is 0.325. The third-order valence-electron chi connectivity index (χ3n) is 2.36. The molecule has 0 radical (unpaired) electrons. The summed E-state index contributed by atoms with van der Waals surface area (Å²) in [5.41, 5.74) is 5.13. The summed E-state index contributed by atoms with van der Waals surface area (Å²) >= 11 is 0. The Bertz CT molecular complexity index is 325. The van der Waals surface area contributed by atoms with Gasteiger partial charge in [-0.25, -0.2) is 0 Å². The van der Waals surface area contributed by atoms with Gasteiger partial charge in [-0.15, -0.1) is 5.73 Å². The number of hydrogen-bond donors (Lipinski definition) is 0. The van der Waals surface area contributed by atoms with Crippen molar-refractivity contribution in [3.8, 4) is 0 Å². The molecular weight excluding hydrogens is 172 g/mol. The summed E-state index contributed by atoms with van der Waals surface area (Å²) in [7, 11) is 0. The Morgan fingerprint density at radius 2 is 2.21 bits per heavy atom. The average Bonchev–Trinajstić information content (AvgIpc) is 2.36. The van der Waals surface area contributed by atoms with Gasteiger partial charge in [-0.3, -0.25) is 4.79 Å². The second kappa shape index (κ2) is 5.41. The van der Waals surface area contributed by atoms with Crippen molar-refractivity contribution in [3.63, 3.8) is 0 Å². The molecule has 14 heavy (non-hydrogen) atoms. The van der Waals surface area contributed by atoms with E-state index >= 15 is 0 Å². The number of ketones is 1. The van der Waals surface area contributed by atoms with Crippen LogP contribution in [-0.4, -0.2) is 5.78 Å². The first kappa shape index (κ1) is 10.7. The maximum atomic E-state index is 11.4. The third-order valence-corrected chi connectivity index (χ3v) is 2.36. The normalized spacial score (nSPS) is 21.4. The maximum absolute atomic E-state index is 11.4. The molecule has 0 aliphatic heterocycles. The van der Waals surface area contributed by atoms with Gasteiger partial charge in [0.25, 0.3) is 0 Å². The highest BCUT2D eigenvalue weighted by molar-refractivity contribution is 5.82. The molecule has 0 amide bonds. The van der Waals surface area contributed by atoms with Gasteiger partial charge in [-0.2, -0.15) is 0 Å². The number of rotatable bonds is 1. The zero-order chi connectivity index (χ0) is 10.4. The van der Waals surface area contributed by atoms with E-state index in [-0.39, 0.29) is 0 Å². The van der Waals surface area contributed by atoms with Crippen molar-refractivity contribution in [1.29, 1.82) is 0 Å². The van der Waals surface area contributed by atoms with E-state index in [0.717, 1.165) is 24.0 Å². The SMILES string of the molecule is C=C=C1CCCC(=O)C/C1=C/C=C\C. The minimum absolute atomic E-state index is 0.325. The first-order valence-corrected chi connectivity index (χ1v) is 5.00.